The van der Waals surface area contributed by atoms with Crippen LogP contribution < -0.4 is 10.6 Å². The van der Waals surface area contributed by atoms with Gasteiger partial charge in [-0.3, -0.25) is 4.98 Å². The molecule has 2 heterocycles. The first kappa shape index (κ1) is 12.8. The van der Waals surface area contributed by atoms with Crippen molar-refractivity contribution in [3.05, 3.63) is 40.9 Å². The molecule has 0 radical (unpaired) electrons. The van der Waals surface area contributed by atoms with Gasteiger partial charge in [-0.05, 0) is 40.5 Å². The standard InChI is InChI=1S/C12H14BrN5/c1-8(9-3-5-15-6-4-9)18-12-10(13)11(14-2)16-7-17-12/h3-8H,1-2H3,(H2,14,16,17,18). The van der Waals surface area contributed by atoms with Crippen LogP contribution in [0.3, 0.4) is 0 Å². The van der Waals surface area contributed by atoms with Gasteiger partial charge >= 0.3 is 0 Å². The summed E-state index contributed by atoms with van der Waals surface area (Å²) in [4.78, 5) is 12.4. The van der Waals surface area contributed by atoms with E-state index in [9.17, 15) is 0 Å². The molecule has 2 aromatic rings. The van der Waals surface area contributed by atoms with Crippen molar-refractivity contribution >= 4 is 27.6 Å². The lowest BCUT2D eigenvalue weighted by atomic mass is 10.1. The van der Waals surface area contributed by atoms with Crippen molar-refractivity contribution in [2.24, 2.45) is 0 Å². The van der Waals surface area contributed by atoms with E-state index in [0.29, 0.717) is 0 Å². The third-order valence-corrected chi connectivity index (χ3v) is 3.34. The Balaban J connectivity index is 2.19. The number of nitrogens with zero attached hydrogens (tertiary/aromatic N) is 3. The molecule has 0 bridgehead atoms. The molecule has 5 nitrogen and oxygen atoms in total. The smallest absolute Gasteiger partial charge is 0.146 e. The highest BCUT2D eigenvalue weighted by molar-refractivity contribution is 9.10. The van der Waals surface area contributed by atoms with E-state index in [0.717, 1.165) is 21.7 Å². The number of halogens is 1. The van der Waals surface area contributed by atoms with Crippen LogP contribution in [0.1, 0.15) is 18.5 Å². The Morgan fingerprint density at radius 2 is 1.83 bits per heavy atom. The van der Waals surface area contributed by atoms with Crippen molar-refractivity contribution in [3.63, 3.8) is 0 Å². The maximum atomic E-state index is 4.23. The van der Waals surface area contributed by atoms with Crippen molar-refractivity contribution in [3.8, 4) is 0 Å². The fourth-order valence-corrected chi connectivity index (χ4v) is 2.10. The second-order valence-corrected chi connectivity index (χ2v) is 4.57. The molecule has 0 amide bonds. The van der Waals surface area contributed by atoms with Crippen LogP contribution in [0.25, 0.3) is 0 Å². The molecule has 0 fully saturated rings. The summed E-state index contributed by atoms with van der Waals surface area (Å²) in [6, 6.07) is 4.10. The number of aromatic nitrogens is 3. The van der Waals surface area contributed by atoms with Gasteiger partial charge in [0, 0.05) is 19.4 Å². The summed E-state index contributed by atoms with van der Waals surface area (Å²) in [5, 5.41) is 6.34. The zero-order valence-electron chi connectivity index (χ0n) is 10.2. The first-order valence-electron chi connectivity index (χ1n) is 5.57. The van der Waals surface area contributed by atoms with Crippen molar-refractivity contribution < 1.29 is 0 Å². The molecule has 0 saturated carbocycles. The zero-order valence-corrected chi connectivity index (χ0v) is 11.8. The van der Waals surface area contributed by atoms with Crippen molar-refractivity contribution in [1.82, 2.24) is 15.0 Å². The van der Waals surface area contributed by atoms with E-state index in [2.05, 4.69) is 48.4 Å². The molecule has 1 atom stereocenters. The quantitative estimate of drug-likeness (QED) is 0.909. The average molecular weight is 308 g/mol. The third-order valence-electron chi connectivity index (χ3n) is 2.59. The number of pyridine rings is 1. The normalized spacial score (nSPS) is 11.9. The number of anilines is 2. The molecule has 0 aromatic carbocycles. The first-order valence-corrected chi connectivity index (χ1v) is 6.36. The Labute approximate surface area is 114 Å². The van der Waals surface area contributed by atoms with Crippen LogP contribution in [-0.4, -0.2) is 22.0 Å². The predicted octanol–water partition coefficient (Wildman–Crippen LogP) is 2.85. The molecule has 0 saturated heterocycles. The lowest BCUT2D eigenvalue weighted by molar-refractivity contribution is 0.866. The molecule has 2 N–H and O–H groups in total. The molecular weight excluding hydrogens is 294 g/mol. The van der Waals surface area contributed by atoms with Gasteiger partial charge in [-0.2, -0.15) is 0 Å². The maximum absolute atomic E-state index is 4.23. The van der Waals surface area contributed by atoms with E-state index in [1.54, 1.807) is 12.4 Å². The second-order valence-electron chi connectivity index (χ2n) is 3.78. The van der Waals surface area contributed by atoms with E-state index in [1.807, 2.05) is 19.2 Å². The summed E-state index contributed by atoms with van der Waals surface area (Å²) in [7, 11) is 1.82. The Hall–Kier alpha value is -1.69. The fraction of sp³-hybridized carbons (Fsp3) is 0.250. The lowest BCUT2D eigenvalue weighted by Gasteiger charge is -2.16. The van der Waals surface area contributed by atoms with E-state index < -0.39 is 0 Å². The van der Waals surface area contributed by atoms with Crippen molar-refractivity contribution in [2.75, 3.05) is 17.7 Å². The minimum Gasteiger partial charge on any atom is -0.372 e. The highest BCUT2D eigenvalue weighted by atomic mass is 79.9. The minimum atomic E-state index is 0.143. The topological polar surface area (TPSA) is 62.7 Å². The highest BCUT2D eigenvalue weighted by Gasteiger charge is 2.11. The maximum Gasteiger partial charge on any atom is 0.146 e. The predicted molar refractivity (Wildman–Crippen MR) is 75.6 cm³/mol. The van der Waals surface area contributed by atoms with E-state index in [4.69, 9.17) is 0 Å². The van der Waals surface area contributed by atoms with Gasteiger partial charge in [-0.1, -0.05) is 0 Å². The summed E-state index contributed by atoms with van der Waals surface area (Å²) in [6.45, 7) is 2.07. The fourth-order valence-electron chi connectivity index (χ4n) is 1.59. The first-order chi connectivity index (χ1) is 8.72. The lowest BCUT2D eigenvalue weighted by Crippen LogP contribution is -2.09. The molecule has 18 heavy (non-hydrogen) atoms. The van der Waals surface area contributed by atoms with Gasteiger partial charge in [0.2, 0.25) is 0 Å². The minimum absolute atomic E-state index is 0.143. The van der Waals surface area contributed by atoms with Crippen LogP contribution in [0.4, 0.5) is 11.6 Å². The van der Waals surface area contributed by atoms with Gasteiger partial charge < -0.3 is 10.6 Å². The van der Waals surface area contributed by atoms with Gasteiger partial charge in [-0.25, -0.2) is 9.97 Å². The second kappa shape index (κ2) is 5.77. The molecule has 2 rings (SSSR count). The van der Waals surface area contributed by atoms with E-state index >= 15 is 0 Å². The van der Waals surface area contributed by atoms with Crippen LogP contribution in [0.5, 0.6) is 0 Å². The number of hydrogen-bond acceptors (Lipinski definition) is 5. The molecule has 0 aliphatic heterocycles. The van der Waals surface area contributed by atoms with Crippen LogP contribution in [0.15, 0.2) is 35.3 Å². The van der Waals surface area contributed by atoms with E-state index in [1.165, 1.54) is 6.33 Å². The van der Waals surface area contributed by atoms with Gasteiger partial charge in [0.1, 0.15) is 22.4 Å². The highest BCUT2D eigenvalue weighted by Crippen LogP contribution is 2.28. The number of hydrogen-bond donors (Lipinski definition) is 2. The van der Waals surface area contributed by atoms with Crippen LogP contribution in [-0.2, 0) is 0 Å². The molecular formula is C12H14BrN5. The zero-order chi connectivity index (χ0) is 13.0. The summed E-state index contributed by atoms with van der Waals surface area (Å²) in [6.07, 6.45) is 5.08. The van der Waals surface area contributed by atoms with Crippen LogP contribution in [0.2, 0.25) is 0 Å². The summed E-state index contributed by atoms with van der Waals surface area (Å²) >= 11 is 3.48. The van der Waals surface area contributed by atoms with Crippen LogP contribution in [0, 0.1) is 0 Å². The Bertz CT molecular complexity index is 517. The molecule has 0 aliphatic rings. The molecule has 1 unspecified atom stereocenters. The van der Waals surface area contributed by atoms with Gasteiger partial charge in [-0.15, -0.1) is 0 Å². The van der Waals surface area contributed by atoms with Crippen molar-refractivity contribution in [2.45, 2.75) is 13.0 Å². The Kier molecular flexibility index (Phi) is 4.09. The largest absolute Gasteiger partial charge is 0.372 e. The summed E-state index contributed by atoms with van der Waals surface area (Å²) in [5.41, 5.74) is 1.15. The Morgan fingerprint density at radius 3 is 2.50 bits per heavy atom. The summed E-state index contributed by atoms with van der Waals surface area (Å²) < 4.78 is 0.827. The number of nitrogens with one attached hydrogen (secondary N) is 2. The van der Waals surface area contributed by atoms with Gasteiger partial charge in [0.05, 0.1) is 6.04 Å². The number of rotatable bonds is 4. The van der Waals surface area contributed by atoms with Crippen LogP contribution >= 0.6 is 15.9 Å². The third kappa shape index (κ3) is 2.76. The SMILES string of the molecule is CNc1ncnc(NC(C)c2ccncc2)c1Br. The van der Waals surface area contributed by atoms with E-state index in [-0.39, 0.29) is 6.04 Å². The molecule has 6 heteroatoms. The monoisotopic (exact) mass is 307 g/mol. The van der Waals surface area contributed by atoms with Crippen molar-refractivity contribution in [1.29, 1.82) is 0 Å². The molecule has 2 aromatic heterocycles. The molecule has 0 spiro atoms. The Morgan fingerprint density at radius 1 is 1.17 bits per heavy atom. The van der Waals surface area contributed by atoms with Gasteiger partial charge in [0.25, 0.3) is 0 Å². The molecule has 94 valence electrons. The summed E-state index contributed by atoms with van der Waals surface area (Å²) in [5.74, 6) is 1.52. The van der Waals surface area contributed by atoms with Gasteiger partial charge in [0.15, 0.2) is 0 Å². The average Bonchev–Trinajstić information content (AvgIpc) is 2.42. The molecule has 0 aliphatic carbocycles.